The van der Waals surface area contributed by atoms with Gasteiger partial charge in [0, 0.05) is 5.33 Å². The highest BCUT2D eigenvalue weighted by Gasteiger charge is 1.97. The van der Waals surface area contributed by atoms with Crippen LogP contribution < -0.4 is 0 Å². The minimum absolute atomic E-state index is 0.712. The summed E-state index contributed by atoms with van der Waals surface area (Å²) >= 11 is 3.41. The molecule has 0 aliphatic carbocycles. The van der Waals surface area contributed by atoms with E-state index in [1.807, 2.05) is 18.2 Å². The van der Waals surface area contributed by atoms with Crippen molar-refractivity contribution in [3.8, 4) is 6.07 Å². The summed E-state index contributed by atoms with van der Waals surface area (Å²) in [5.41, 5.74) is 1.94. The molecule has 0 saturated carbocycles. The minimum Gasteiger partial charge on any atom is -0.192 e. The molecule has 0 amide bonds. The molecule has 68 valence electrons. The van der Waals surface area contributed by atoms with Crippen molar-refractivity contribution in [3.63, 3.8) is 0 Å². The average molecular weight is 246 g/mol. The predicted molar refractivity (Wildman–Crippen MR) is 61.3 cm³/mol. The molecule has 2 aromatic rings. The van der Waals surface area contributed by atoms with Crippen molar-refractivity contribution in [2.75, 3.05) is 0 Å². The highest BCUT2D eigenvalue weighted by atomic mass is 79.9. The van der Waals surface area contributed by atoms with Gasteiger partial charge in [0.05, 0.1) is 11.6 Å². The second kappa shape index (κ2) is 3.81. The van der Waals surface area contributed by atoms with Gasteiger partial charge in [-0.2, -0.15) is 5.26 Å². The lowest BCUT2D eigenvalue weighted by Crippen LogP contribution is -1.80. The summed E-state index contributed by atoms with van der Waals surface area (Å²) in [5, 5.41) is 11.9. The summed E-state index contributed by atoms with van der Waals surface area (Å²) in [6.45, 7) is 0. The fourth-order valence-electron chi connectivity index (χ4n) is 1.45. The number of alkyl halides is 1. The molecule has 0 radical (unpaired) electrons. The first-order valence-electron chi connectivity index (χ1n) is 4.32. The van der Waals surface area contributed by atoms with E-state index in [1.54, 1.807) is 0 Å². The van der Waals surface area contributed by atoms with Gasteiger partial charge in [-0.3, -0.25) is 0 Å². The second-order valence-electron chi connectivity index (χ2n) is 3.14. The first-order valence-corrected chi connectivity index (χ1v) is 5.44. The molecule has 1 nitrogen and oxygen atoms in total. The van der Waals surface area contributed by atoms with Crippen molar-refractivity contribution >= 4 is 26.7 Å². The number of hydrogen-bond donors (Lipinski definition) is 0. The molecule has 2 aromatic carbocycles. The topological polar surface area (TPSA) is 23.8 Å². The molecule has 0 spiro atoms. The molecular weight excluding hydrogens is 238 g/mol. The van der Waals surface area contributed by atoms with Crippen molar-refractivity contribution in [2.45, 2.75) is 5.33 Å². The zero-order chi connectivity index (χ0) is 9.97. The van der Waals surface area contributed by atoms with Crippen LogP contribution in [0.4, 0.5) is 0 Å². The van der Waals surface area contributed by atoms with Crippen LogP contribution in [0.2, 0.25) is 0 Å². The number of nitrogens with zero attached hydrogens (tertiary/aromatic N) is 1. The summed E-state index contributed by atoms with van der Waals surface area (Å²) in [4.78, 5) is 0. The summed E-state index contributed by atoms with van der Waals surface area (Å²) in [6.07, 6.45) is 0. The van der Waals surface area contributed by atoms with Gasteiger partial charge >= 0.3 is 0 Å². The van der Waals surface area contributed by atoms with Crippen LogP contribution in [-0.4, -0.2) is 0 Å². The van der Waals surface area contributed by atoms with E-state index in [1.165, 1.54) is 10.9 Å². The normalized spacial score (nSPS) is 10.0. The number of fused-ring (bicyclic) bond motifs is 1. The van der Waals surface area contributed by atoms with Crippen LogP contribution in [0.15, 0.2) is 36.4 Å². The number of benzene rings is 2. The van der Waals surface area contributed by atoms with Crippen LogP contribution >= 0.6 is 15.9 Å². The molecule has 2 rings (SSSR count). The SMILES string of the molecule is N#Cc1ccc2ccc(CBr)cc2c1. The molecule has 0 bridgehead atoms. The van der Waals surface area contributed by atoms with E-state index in [4.69, 9.17) is 5.26 Å². The maximum Gasteiger partial charge on any atom is 0.0991 e. The molecule has 0 fully saturated rings. The first kappa shape index (κ1) is 9.23. The maximum atomic E-state index is 8.76. The molecule has 14 heavy (non-hydrogen) atoms. The molecule has 2 heteroatoms. The van der Waals surface area contributed by atoms with Crippen LogP contribution in [0.25, 0.3) is 10.8 Å². The number of nitriles is 1. The monoisotopic (exact) mass is 245 g/mol. The zero-order valence-corrected chi connectivity index (χ0v) is 9.08. The Kier molecular flexibility index (Phi) is 2.51. The van der Waals surface area contributed by atoms with Crippen LogP contribution in [0.1, 0.15) is 11.1 Å². The Bertz CT molecular complexity index is 511. The highest BCUT2D eigenvalue weighted by molar-refractivity contribution is 9.08. The number of halogens is 1. The minimum atomic E-state index is 0.712. The Labute approximate surface area is 91.1 Å². The third kappa shape index (κ3) is 1.64. The van der Waals surface area contributed by atoms with Gasteiger partial charge in [0.1, 0.15) is 0 Å². The van der Waals surface area contributed by atoms with E-state index in [-0.39, 0.29) is 0 Å². The Balaban J connectivity index is 2.67. The van der Waals surface area contributed by atoms with E-state index in [2.05, 4.69) is 40.2 Å². The van der Waals surface area contributed by atoms with E-state index in [9.17, 15) is 0 Å². The predicted octanol–water partition coefficient (Wildman–Crippen LogP) is 3.61. The van der Waals surface area contributed by atoms with Crippen molar-refractivity contribution in [1.82, 2.24) is 0 Å². The summed E-state index contributed by atoms with van der Waals surface area (Å²) < 4.78 is 0. The van der Waals surface area contributed by atoms with Gasteiger partial charge in [0.15, 0.2) is 0 Å². The molecule has 0 aliphatic heterocycles. The van der Waals surface area contributed by atoms with Crippen molar-refractivity contribution in [2.24, 2.45) is 0 Å². The fraction of sp³-hybridized carbons (Fsp3) is 0.0833. The smallest absolute Gasteiger partial charge is 0.0991 e. The van der Waals surface area contributed by atoms with E-state index >= 15 is 0 Å². The number of hydrogen-bond acceptors (Lipinski definition) is 1. The highest BCUT2D eigenvalue weighted by Crippen LogP contribution is 2.18. The van der Waals surface area contributed by atoms with Crippen LogP contribution in [0.3, 0.4) is 0 Å². The summed E-state index contributed by atoms with van der Waals surface area (Å²) in [6, 6.07) is 14.1. The van der Waals surface area contributed by atoms with Gasteiger partial charge in [-0.1, -0.05) is 40.2 Å². The molecule has 0 aliphatic rings. The second-order valence-corrected chi connectivity index (χ2v) is 3.70. The molecule has 0 aromatic heterocycles. The Morgan fingerprint density at radius 1 is 1.07 bits per heavy atom. The quantitative estimate of drug-likeness (QED) is 0.705. The van der Waals surface area contributed by atoms with Crippen LogP contribution in [-0.2, 0) is 5.33 Å². The van der Waals surface area contributed by atoms with Gasteiger partial charge in [0.2, 0.25) is 0 Å². The van der Waals surface area contributed by atoms with E-state index in [0.717, 1.165) is 10.7 Å². The van der Waals surface area contributed by atoms with Gasteiger partial charge < -0.3 is 0 Å². The van der Waals surface area contributed by atoms with Gasteiger partial charge in [-0.05, 0) is 28.5 Å². The summed E-state index contributed by atoms with van der Waals surface area (Å²) in [7, 11) is 0. The van der Waals surface area contributed by atoms with Gasteiger partial charge in [-0.25, -0.2) is 0 Å². The summed E-state index contributed by atoms with van der Waals surface area (Å²) in [5.74, 6) is 0. The molecular formula is C12H8BrN. The maximum absolute atomic E-state index is 8.76. The van der Waals surface area contributed by atoms with Crippen molar-refractivity contribution in [1.29, 1.82) is 5.26 Å². The lowest BCUT2D eigenvalue weighted by Gasteiger charge is -2.00. The van der Waals surface area contributed by atoms with Gasteiger partial charge in [-0.15, -0.1) is 0 Å². The third-order valence-corrected chi connectivity index (χ3v) is 2.84. The number of rotatable bonds is 1. The van der Waals surface area contributed by atoms with Crippen LogP contribution in [0, 0.1) is 11.3 Å². The standard InChI is InChI=1S/C12H8BrN/c13-7-9-1-3-11-4-2-10(8-14)6-12(11)5-9/h1-6H,7H2. The van der Waals surface area contributed by atoms with Crippen molar-refractivity contribution in [3.05, 3.63) is 47.5 Å². The third-order valence-electron chi connectivity index (χ3n) is 2.19. The zero-order valence-electron chi connectivity index (χ0n) is 7.50. The molecule has 0 atom stereocenters. The average Bonchev–Trinajstić information content (AvgIpc) is 2.27. The molecule has 0 N–H and O–H groups in total. The lowest BCUT2D eigenvalue weighted by molar-refractivity contribution is 1.46. The Hall–Kier alpha value is -1.33. The molecule has 0 unspecified atom stereocenters. The first-order chi connectivity index (χ1) is 6.83. The van der Waals surface area contributed by atoms with E-state index in [0.29, 0.717) is 5.56 Å². The fourth-order valence-corrected chi connectivity index (χ4v) is 1.80. The van der Waals surface area contributed by atoms with E-state index < -0.39 is 0 Å². The van der Waals surface area contributed by atoms with Gasteiger partial charge in [0.25, 0.3) is 0 Å². The Morgan fingerprint density at radius 2 is 1.86 bits per heavy atom. The largest absolute Gasteiger partial charge is 0.192 e. The molecule has 0 heterocycles. The molecule has 0 saturated heterocycles. The van der Waals surface area contributed by atoms with Crippen LogP contribution in [0.5, 0.6) is 0 Å². The lowest BCUT2D eigenvalue weighted by atomic mass is 10.1. The van der Waals surface area contributed by atoms with Crippen molar-refractivity contribution < 1.29 is 0 Å². The Morgan fingerprint density at radius 3 is 2.57 bits per heavy atom.